The van der Waals surface area contributed by atoms with Gasteiger partial charge in [0.05, 0.1) is 11.7 Å². The molecule has 1 aromatic heterocycles. The average Bonchev–Trinajstić information content (AvgIpc) is 3.17. The fraction of sp³-hybridized carbons (Fsp3) is 0.385. The van der Waals surface area contributed by atoms with Gasteiger partial charge >= 0.3 is 0 Å². The summed E-state index contributed by atoms with van der Waals surface area (Å²) in [5, 5.41) is 3.56. The van der Waals surface area contributed by atoms with E-state index in [1.165, 1.54) is 5.56 Å². The summed E-state index contributed by atoms with van der Waals surface area (Å²) in [5.74, 6) is 0.561. The predicted molar refractivity (Wildman–Crippen MR) is 123 cm³/mol. The number of nitrogens with one attached hydrogen (secondary N) is 1. The molecule has 5 heteroatoms. The van der Waals surface area contributed by atoms with Crippen molar-refractivity contribution in [2.45, 2.75) is 44.6 Å². The Morgan fingerprint density at radius 2 is 2.13 bits per heavy atom. The first-order chi connectivity index (χ1) is 15.2. The smallest absolute Gasteiger partial charge is 0.147 e. The van der Waals surface area contributed by atoms with Crippen LogP contribution in [0.1, 0.15) is 48.8 Å². The molecule has 160 valence electrons. The molecule has 2 atom stereocenters. The maximum Gasteiger partial charge on any atom is 0.147 e. The second-order valence-corrected chi connectivity index (χ2v) is 8.79. The van der Waals surface area contributed by atoms with Crippen LogP contribution in [-0.2, 0) is 11.2 Å². The van der Waals surface area contributed by atoms with E-state index in [-0.39, 0.29) is 17.8 Å². The molecule has 1 aliphatic carbocycles. The van der Waals surface area contributed by atoms with E-state index >= 15 is 4.39 Å². The first kappa shape index (κ1) is 20.0. The van der Waals surface area contributed by atoms with Crippen molar-refractivity contribution in [3.8, 4) is 0 Å². The molecular formula is C26H28FN3O. The van der Waals surface area contributed by atoms with Gasteiger partial charge in [-0.15, -0.1) is 0 Å². The van der Waals surface area contributed by atoms with Crippen molar-refractivity contribution < 1.29 is 9.18 Å². The summed E-state index contributed by atoms with van der Waals surface area (Å²) in [6, 6.07) is 6.02. The van der Waals surface area contributed by atoms with Crippen LogP contribution in [0.2, 0.25) is 0 Å². The van der Waals surface area contributed by atoms with Gasteiger partial charge in [-0.05, 0) is 60.1 Å². The number of carbonyl (C=O) groups is 1. The third kappa shape index (κ3) is 3.67. The third-order valence-corrected chi connectivity index (χ3v) is 6.98. The minimum absolute atomic E-state index is 0.147. The van der Waals surface area contributed by atoms with Crippen molar-refractivity contribution in [3.05, 3.63) is 71.3 Å². The normalized spacial score (nSPS) is 22.5. The van der Waals surface area contributed by atoms with Crippen LogP contribution in [0.15, 0.2) is 48.8 Å². The van der Waals surface area contributed by atoms with E-state index in [1.54, 1.807) is 12.3 Å². The lowest BCUT2D eigenvalue weighted by molar-refractivity contribution is -0.108. The van der Waals surface area contributed by atoms with Gasteiger partial charge in [-0.1, -0.05) is 25.2 Å². The SMILES string of the molecule is CCc1cc(C2=CC3Nc4ccncc4C3C=C2)cc(F)c1N1CCC(CC=O)CC1. The molecule has 2 aromatic rings. The van der Waals surface area contributed by atoms with Crippen molar-refractivity contribution in [1.29, 1.82) is 0 Å². The Kier molecular flexibility index (Phi) is 5.34. The van der Waals surface area contributed by atoms with Crippen molar-refractivity contribution in [2.24, 2.45) is 5.92 Å². The molecule has 0 radical (unpaired) electrons. The molecular weight excluding hydrogens is 389 g/mol. The van der Waals surface area contributed by atoms with Gasteiger partial charge < -0.3 is 15.0 Å². The first-order valence-corrected chi connectivity index (χ1v) is 11.3. The summed E-state index contributed by atoms with van der Waals surface area (Å²) in [6.07, 6.45) is 14.6. The Labute approximate surface area is 182 Å². The summed E-state index contributed by atoms with van der Waals surface area (Å²) in [4.78, 5) is 17.2. The number of benzene rings is 1. The molecule has 0 spiro atoms. The molecule has 0 amide bonds. The van der Waals surface area contributed by atoms with Crippen molar-refractivity contribution in [1.82, 2.24) is 4.98 Å². The lowest BCUT2D eigenvalue weighted by atomic mass is 9.87. The van der Waals surface area contributed by atoms with E-state index in [0.717, 1.165) is 66.7 Å². The zero-order valence-electron chi connectivity index (χ0n) is 17.9. The molecule has 0 bridgehead atoms. The number of nitrogens with zero attached hydrogens (tertiary/aromatic N) is 2. The Morgan fingerprint density at radius 3 is 2.90 bits per heavy atom. The Bertz CT molecular complexity index is 1050. The fourth-order valence-electron chi connectivity index (χ4n) is 5.26. The van der Waals surface area contributed by atoms with Gasteiger partial charge in [-0.25, -0.2) is 4.39 Å². The number of hydrogen-bond acceptors (Lipinski definition) is 4. The van der Waals surface area contributed by atoms with Crippen LogP contribution in [0.3, 0.4) is 0 Å². The highest BCUT2D eigenvalue weighted by Gasteiger charge is 2.31. The molecule has 2 aliphatic heterocycles. The molecule has 1 aromatic carbocycles. The number of anilines is 2. The number of piperidine rings is 1. The van der Waals surface area contributed by atoms with E-state index in [2.05, 4.69) is 46.4 Å². The van der Waals surface area contributed by atoms with E-state index in [1.807, 2.05) is 12.3 Å². The number of fused-ring (bicyclic) bond motifs is 3. The van der Waals surface area contributed by atoms with Crippen molar-refractivity contribution in [3.63, 3.8) is 0 Å². The van der Waals surface area contributed by atoms with Gasteiger partial charge in [-0.2, -0.15) is 0 Å². The fourth-order valence-corrected chi connectivity index (χ4v) is 5.26. The minimum atomic E-state index is -0.147. The van der Waals surface area contributed by atoms with Gasteiger partial charge in [0, 0.05) is 49.1 Å². The number of aromatic nitrogens is 1. The van der Waals surface area contributed by atoms with Crippen LogP contribution in [0.25, 0.3) is 5.57 Å². The number of aldehydes is 1. The number of pyridine rings is 1. The Balaban J connectivity index is 1.40. The predicted octanol–water partition coefficient (Wildman–Crippen LogP) is 5.12. The topological polar surface area (TPSA) is 45.2 Å². The van der Waals surface area contributed by atoms with Crippen molar-refractivity contribution in [2.75, 3.05) is 23.3 Å². The molecule has 5 rings (SSSR count). The number of carbonyl (C=O) groups excluding carboxylic acids is 1. The second kappa shape index (κ2) is 8.29. The second-order valence-electron chi connectivity index (χ2n) is 8.79. The van der Waals surface area contributed by atoms with Crippen LogP contribution >= 0.6 is 0 Å². The Hall–Kier alpha value is -2.95. The number of allylic oxidation sites excluding steroid dienone is 2. The van der Waals surface area contributed by atoms with Crippen LogP contribution in [-0.4, -0.2) is 30.4 Å². The van der Waals surface area contributed by atoms with Gasteiger partial charge in [-0.3, -0.25) is 4.98 Å². The molecule has 1 saturated heterocycles. The van der Waals surface area contributed by atoms with Gasteiger partial charge in [0.25, 0.3) is 0 Å². The molecule has 2 unspecified atom stereocenters. The van der Waals surface area contributed by atoms with Gasteiger partial charge in [0.1, 0.15) is 12.1 Å². The zero-order chi connectivity index (χ0) is 21.4. The van der Waals surface area contributed by atoms with Gasteiger partial charge in [0.2, 0.25) is 0 Å². The standard InChI is InChI=1S/C26H28FN3O/c1-2-18-13-20(14-23(27)26(18)30-10-6-17(7-11-30)8-12-31)19-3-4-21-22-16-28-9-5-24(22)29-25(21)15-19/h3-5,9,12-17,21,25,29H,2,6-8,10-11H2,1H3. The molecule has 1 fully saturated rings. The minimum Gasteiger partial charge on any atom is -0.378 e. The molecule has 4 nitrogen and oxygen atoms in total. The van der Waals surface area contributed by atoms with Crippen LogP contribution in [0.4, 0.5) is 15.8 Å². The van der Waals surface area contributed by atoms with Crippen LogP contribution in [0, 0.1) is 11.7 Å². The summed E-state index contributed by atoms with van der Waals surface area (Å²) in [7, 11) is 0. The van der Waals surface area contributed by atoms with E-state index in [9.17, 15) is 4.79 Å². The Morgan fingerprint density at radius 1 is 1.29 bits per heavy atom. The number of halogens is 1. The van der Waals surface area contributed by atoms with Gasteiger partial charge in [0.15, 0.2) is 0 Å². The van der Waals surface area contributed by atoms with E-state index in [4.69, 9.17) is 0 Å². The number of rotatable bonds is 5. The molecule has 3 aliphatic rings. The zero-order valence-corrected chi connectivity index (χ0v) is 17.9. The summed E-state index contributed by atoms with van der Waals surface area (Å²) >= 11 is 0. The highest BCUT2D eigenvalue weighted by molar-refractivity contribution is 5.80. The van der Waals surface area contributed by atoms with E-state index in [0.29, 0.717) is 12.3 Å². The average molecular weight is 418 g/mol. The maximum atomic E-state index is 15.4. The highest BCUT2D eigenvalue weighted by atomic mass is 19.1. The summed E-state index contributed by atoms with van der Waals surface area (Å²) in [6.45, 7) is 3.71. The largest absolute Gasteiger partial charge is 0.378 e. The van der Waals surface area contributed by atoms with Crippen LogP contribution < -0.4 is 10.2 Å². The molecule has 0 saturated carbocycles. The summed E-state index contributed by atoms with van der Waals surface area (Å²) < 4.78 is 15.4. The molecule has 31 heavy (non-hydrogen) atoms. The number of aryl methyl sites for hydroxylation is 1. The first-order valence-electron chi connectivity index (χ1n) is 11.3. The van der Waals surface area contributed by atoms with Crippen LogP contribution in [0.5, 0.6) is 0 Å². The van der Waals surface area contributed by atoms with E-state index < -0.39 is 0 Å². The summed E-state index contributed by atoms with van der Waals surface area (Å²) in [5.41, 5.74) is 6.12. The highest BCUT2D eigenvalue weighted by Crippen LogP contribution is 2.41. The maximum absolute atomic E-state index is 15.4. The lowest BCUT2D eigenvalue weighted by Crippen LogP contribution is -2.35. The molecule has 3 heterocycles. The van der Waals surface area contributed by atoms with Crippen molar-refractivity contribution >= 4 is 23.2 Å². The monoisotopic (exact) mass is 417 g/mol. The lowest BCUT2D eigenvalue weighted by Gasteiger charge is -2.34. The quantitative estimate of drug-likeness (QED) is 0.686. The number of hydrogen-bond donors (Lipinski definition) is 1. The molecule has 1 N–H and O–H groups in total. The third-order valence-electron chi connectivity index (χ3n) is 6.98.